The third kappa shape index (κ3) is 2.77. The number of aromatic nitrogens is 2. The van der Waals surface area contributed by atoms with Crippen molar-refractivity contribution < 1.29 is 9.90 Å². The lowest BCUT2D eigenvalue weighted by atomic mass is 9.49. The van der Waals surface area contributed by atoms with Gasteiger partial charge in [0, 0.05) is 12.6 Å². The minimum atomic E-state index is -0.130. The quantitative estimate of drug-likeness (QED) is 0.872. The molecule has 5 rings (SSSR count). The highest BCUT2D eigenvalue weighted by atomic mass is 16.3. The van der Waals surface area contributed by atoms with Crippen molar-refractivity contribution in [2.45, 2.75) is 65.0 Å². The lowest BCUT2D eigenvalue weighted by Gasteiger charge is -2.56. The van der Waals surface area contributed by atoms with E-state index in [-0.39, 0.29) is 18.6 Å². The van der Waals surface area contributed by atoms with Gasteiger partial charge in [-0.25, -0.2) is 0 Å². The average molecular weight is 331 g/mol. The van der Waals surface area contributed by atoms with Gasteiger partial charge in [0.25, 0.3) is 5.91 Å². The van der Waals surface area contributed by atoms with Crippen LogP contribution in [0.3, 0.4) is 0 Å². The Kier molecular flexibility index (Phi) is 3.94. The SMILES string of the molecule is CC(C)n1nc(CO)cc1C(=O)NCC12CC3CC(CC(C3)C1)C2. The first kappa shape index (κ1) is 16.1. The average Bonchev–Trinajstić information content (AvgIpc) is 2.96. The fourth-order valence-corrected chi connectivity index (χ4v) is 5.95. The van der Waals surface area contributed by atoms with Crippen LogP contribution < -0.4 is 5.32 Å². The Morgan fingerprint density at radius 3 is 2.38 bits per heavy atom. The van der Waals surface area contributed by atoms with E-state index >= 15 is 0 Å². The number of carbonyl (C=O) groups excluding carboxylic acids is 1. The van der Waals surface area contributed by atoms with E-state index in [2.05, 4.69) is 10.4 Å². The molecule has 1 aromatic heterocycles. The Morgan fingerprint density at radius 1 is 1.29 bits per heavy atom. The van der Waals surface area contributed by atoms with Gasteiger partial charge in [-0.1, -0.05) is 0 Å². The fraction of sp³-hybridized carbons (Fsp3) is 0.789. The van der Waals surface area contributed by atoms with E-state index < -0.39 is 0 Å². The maximum absolute atomic E-state index is 12.7. The summed E-state index contributed by atoms with van der Waals surface area (Å²) in [5.74, 6) is 2.65. The van der Waals surface area contributed by atoms with Crippen molar-refractivity contribution in [1.82, 2.24) is 15.1 Å². The minimum Gasteiger partial charge on any atom is -0.390 e. The van der Waals surface area contributed by atoms with Crippen LogP contribution in [0.15, 0.2) is 6.07 Å². The predicted molar refractivity (Wildman–Crippen MR) is 91.5 cm³/mol. The molecule has 24 heavy (non-hydrogen) atoms. The molecule has 5 nitrogen and oxygen atoms in total. The van der Waals surface area contributed by atoms with Crippen molar-refractivity contribution in [3.05, 3.63) is 17.5 Å². The van der Waals surface area contributed by atoms with Crippen LogP contribution in [0.5, 0.6) is 0 Å². The second-order valence-corrected chi connectivity index (χ2v) is 8.82. The Bertz CT molecular complexity index is 599. The van der Waals surface area contributed by atoms with Gasteiger partial charge in [-0.15, -0.1) is 0 Å². The van der Waals surface area contributed by atoms with Crippen molar-refractivity contribution in [3.8, 4) is 0 Å². The molecule has 1 amide bonds. The zero-order valence-corrected chi connectivity index (χ0v) is 14.8. The molecule has 0 spiro atoms. The molecule has 4 fully saturated rings. The third-order valence-electron chi connectivity index (χ3n) is 6.46. The van der Waals surface area contributed by atoms with Crippen molar-refractivity contribution in [2.75, 3.05) is 6.54 Å². The topological polar surface area (TPSA) is 67.1 Å². The van der Waals surface area contributed by atoms with Gasteiger partial charge in [0.1, 0.15) is 5.69 Å². The molecule has 5 heteroatoms. The van der Waals surface area contributed by atoms with Gasteiger partial charge < -0.3 is 10.4 Å². The summed E-state index contributed by atoms with van der Waals surface area (Å²) in [7, 11) is 0. The summed E-state index contributed by atoms with van der Waals surface area (Å²) in [5.41, 5.74) is 1.47. The van der Waals surface area contributed by atoms with Crippen LogP contribution in [-0.4, -0.2) is 27.3 Å². The highest BCUT2D eigenvalue weighted by Gasteiger charge is 2.50. The van der Waals surface area contributed by atoms with E-state index in [0.717, 1.165) is 24.3 Å². The van der Waals surface area contributed by atoms with Crippen molar-refractivity contribution >= 4 is 5.91 Å². The van der Waals surface area contributed by atoms with E-state index in [4.69, 9.17) is 0 Å². The van der Waals surface area contributed by atoms with Gasteiger partial charge in [-0.2, -0.15) is 5.10 Å². The second-order valence-electron chi connectivity index (χ2n) is 8.82. The van der Waals surface area contributed by atoms with E-state index in [1.54, 1.807) is 10.7 Å². The standard InChI is InChI=1S/C19H29N3O2/c1-12(2)22-17(6-16(10-23)21-22)18(24)20-11-19-7-13-3-14(8-19)5-15(4-13)9-19/h6,12-15,23H,3-5,7-11H2,1-2H3,(H,20,24). The number of nitrogens with zero attached hydrogens (tertiary/aromatic N) is 2. The molecule has 4 bridgehead atoms. The van der Waals surface area contributed by atoms with Crippen LogP contribution in [0.2, 0.25) is 0 Å². The lowest BCUT2D eigenvalue weighted by Crippen LogP contribution is -2.51. The Balaban J connectivity index is 1.46. The number of carbonyl (C=O) groups is 1. The van der Waals surface area contributed by atoms with Crippen LogP contribution in [0.25, 0.3) is 0 Å². The van der Waals surface area contributed by atoms with Gasteiger partial charge in [0.05, 0.1) is 12.3 Å². The summed E-state index contributed by atoms with van der Waals surface area (Å²) in [5, 5.41) is 16.9. The Hall–Kier alpha value is -1.36. The maximum atomic E-state index is 12.7. The minimum absolute atomic E-state index is 0.0494. The number of amides is 1. The summed E-state index contributed by atoms with van der Waals surface area (Å²) in [6, 6.07) is 1.82. The normalized spacial score (nSPS) is 34.1. The molecule has 0 radical (unpaired) electrons. The van der Waals surface area contributed by atoms with Crippen molar-refractivity contribution in [1.29, 1.82) is 0 Å². The third-order valence-corrected chi connectivity index (χ3v) is 6.46. The van der Waals surface area contributed by atoms with Crippen LogP contribution in [-0.2, 0) is 6.61 Å². The van der Waals surface area contributed by atoms with Crippen LogP contribution in [0.4, 0.5) is 0 Å². The molecular formula is C19H29N3O2. The number of aliphatic hydroxyl groups is 1. The summed E-state index contributed by atoms with van der Waals surface area (Å²) < 4.78 is 1.72. The van der Waals surface area contributed by atoms with E-state index in [9.17, 15) is 9.90 Å². The summed E-state index contributed by atoms with van der Waals surface area (Å²) in [6.45, 7) is 4.68. The Morgan fingerprint density at radius 2 is 1.88 bits per heavy atom. The van der Waals surface area contributed by atoms with Crippen LogP contribution in [0, 0.1) is 23.2 Å². The van der Waals surface area contributed by atoms with Gasteiger partial charge in [0.15, 0.2) is 0 Å². The van der Waals surface area contributed by atoms with Gasteiger partial charge >= 0.3 is 0 Å². The summed E-state index contributed by atoms with van der Waals surface area (Å²) >= 11 is 0. The van der Waals surface area contributed by atoms with E-state index in [1.165, 1.54) is 38.5 Å². The van der Waals surface area contributed by atoms with Crippen molar-refractivity contribution in [2.24, 2.45) is 23.2 Å². The van der Waals surface area contributed by atoms with Gasteiger partial charge in [0.2, 0.25) is 0 Å². The molecule has 1 heterocycles. The molecule has 4 aliphatic rings. The van der Waals surface area contributed by atoms with E-state index in [0.29, 0.717) is 16.8 Å². The zero-order valence-electron chi connectivity index (χ0n) is 14.8. The number of nitrogens with one attached hydrogen (secondary N) is 1. The molecule has 132 valence electrons. The van der Waals surface area contributed by atoms with Crippen LogP contribution in [0.1, 0.15) is 74.6 Å². The number of hydrogen-bond donors (Lipinski definition) is 2. The molecule has 0 unspecified atom stereocenters. The maximum Gasteiger partial charge on any atom is 0.269 e. The molecular weight excluding hydrogens is 302 g/mol. The molecule has 0 aliphatic heterocycles. The molecule has 0 saturated heterocycles. The number of hydrogen-bond acceptors (Lipinski definition) is 3. The first-order valence-electron chi connectivity index (χ1n) is 9.45. The van der Waals surface area contributed by atoms with Gasteiger partial charge in [-0.05, 0) is 81.6 Å². The highest BCUT2D eigenvalue weighted by Crippen LogP contribution is 2.59. The van der Waals surface area contributed by atoms with Crippen molar-refractivity contribution in [3.63, 3.8) is 0 Å². The van der Waals surface area contributed by atoms with Gasteiger partial charge in [-0.3, -0.25) is 9.48 Å². The molecule has 2 N–H and O–H groups in total. The summed E-state index contributed by atoms with van der Waals surface area (Å²) in [6.07, 6.45) is 8.16. The zero-order chi connectivity index (χ0) is 16.9. The molecule has 4 saturated carbocycles. The Labute approximate surface area is 143 Å². The van der Waals surface area contributed by atoms with E-state index in [1.807, 2.05) is 13.8 Å². The lowest BCUT2D eigenvalue weighted by molar-refractivity contribution is -0.0503. The van der Waals surface area contributed by atoms with Crippen LogP contribution >= 0.6 is 0 Å². The molecule has 0 atom stereocenters. The number of rotatable bonds is 5. The predicted octanol–water partition coefficient (Wildman–Crippen LogP) is 2.90. The smallest absolute Gasteiger partial charge is 0.269 e. The molecule has 4 aliphatic carbocycles. The summed E-state index contributed by atoms with van der Waals surface area (Å²) in [4.78, 5) is 12.7. The monoisotopic (exact) mass is 331 g/mol. The highest BCUT2D eigenvalue weighted by molar-refractivity contribution is 5.92. The largest absolute Gasteiger partial charge is 0.390 e. The fourth-order valence-electron chi connectivity index (χ4n) is 5.95. The first-order chi connectivity index (χ1) is 11.5. The molecule has 0 aromatic carbocycles. The first-order valence-corrected chi connectivity index (χ1v) is 9.45. The number of aliphatic hydroxyl groups excluding tert-OH is 1. The molecule has 1 aromatic rings. The second kappa shape index (κ2) is 5.87.